The molecule has 0 bridgehead atoms. The maximum atomic E-state index is 10.1. The predicted octanol–water partition coefficient (Wildman–Crippen LogP) is 7.70. The third-order valence-electron chi connectivity index (χ3n) is 8.78. The lowest BCUT2D eigenvalue weighted by atomic mass is 9.59. The molecule has 0 aromatic carbocycles. The van der Waals surface area contributed by atoms with Crippen LogP contribution in [-0.2, 0) is 0 Å². The highest BCUT2D eigenvalue weighted by Crippen LogP contribution is 2.60. The van der Waals surface area contributed by atoms with E-state index in [0.717, 1.165) is 48.9 Å². The van der Waals surface area contributed by atoms with Crippen LogP contribution in [0.4, 0.5) is 0 Å². The molecule has 2 fully saturated rings. The van der Waals surface area contributed by atoms with Crippen molar-refractivity contribution >= 4 is 0 Å². The van der Waals surface area contributed by atoms with E-state index in [-0.39, 0.29) is 6.10 Å². The minimum atomic E-state index is -0.123. The Kier molecular flexibility index (Phi) is 7.51. The van der Waals surface area contributed by atoms with Gasteiger partial charge in [-0.25, -0.2) is 0 Å². The van der Waals surface area contributed by atoms with Gasteiger partial charge in [-0.1, -0.05) is 71.1 Å². The number of aliphatic hydroxyl groups is 1. The van der Waals surface area contributed by atoms with Crippen LogP contribution in [0.2, 0.25) is 0 Å². The summed E-state index contributed by atoms with van der Waals surface area (Å²) in [6.07, 6.45) is 19.1. The first-order valence-corrected chi connectivity index (χ1v) is 12.4. The van der Waals surface area contributed by atoms with Gasteiger partial charge in [-0.15, -0.1) is 0 Å². The molecule has 0 aliphatic heterocycles. The highest BCUT2D eigenvalue weighted by atomic mass is 16.3. The van der Waals surface area contributed by atoms with Crippen molar-refractivity contribution in [1.82, 2.24) is 0 Å². The van der Waals surface area contributed by atoms with Crippen LogP contribution in [0.3, 0.4) is 0 Å². The summed E-state index contributed by atoms with van der Waals surface area (Å²) in [6, 6.07) is 0. The summed E-state index contributed by atoms with van der Waals surface area (Å²) in [5, 5.41) is 10.1. The maximum Gasteiger partial charge on any atom is 0.0583 e. The van der Waals surface area contributed by atoms with E-state index in [1.807, 2.05) is 0 Å². The highest BCUT2D eigenvalue weighted by Gasteiger charge is 2.51. The Hall–Kier alpha value is -0.560. The summed E-state index contributed by atoms with van der Waals surface area (Å²) >= 11 is 0. The molecular weight excluding hydrogens is 340 g/mol. The lowest BCUT2D eigenvalue weighted by Crippen LogP contribution is -2.38. The normalized spacial score (nSPS) is 37.7. The number of allylic oxidation sites excluding steroid dienone is 3. The van der Waals surface area contributed by atoms with Gasteiger partial charge >= 0.3 is 0 Å². The molecule has 0 amide bonds. The van der Waals surface area contributed by atoms with E-state index in [1.54, 1.807) is 0 Å². The zero-order valence-corrected chi connectivity index (χ0v) is 19.3. The summed E-state index contributed by atoms with van der Waals surface area (Å²) in [7, 11) is 0. The maximum absolute atomic E-state index is 10.1. The molecule has 1 N–H and O–H groups in total. The third-order valence-corrected chi connectivity index (χ3v) is 8.78. The number of rotatable bonds is 7. The average Bonchev–Trinajstić information content (AvgIpc) is 2.99. The minimum Gasteiger partial charge on any atom is -0.393 e. The van der Waals surface area contributed by atoms with E-state index >= 15 is 0 Å². The fraction of sp³-hybridized carbons (Fsp3) is 0.852. The smallest absolute Gasteiger partial charge is 0.0583 e. The molecule has 3 aliphatic rings. The fourth-order valence-electron chi connectivity index (χ4n) is 7.03. The Balaban J connectivity index is 1.65. The molecule has 0 spiro atoms. The quantitative estimate of drug-likeness (QED) is 0.475. The first-order valence-electron chi connectivity index (χ1n) is 12.4. The highest BCUT2D eigenvalue weighted by molar-refractivity contribution is 5.28. The Bertz CT molecular complexity index is 571. The Labute approximate surface area is 175 Å². The van der Waals surface area contributed by atoms with Gasteiger partial charge in [0.15, 0.2) is 0 Å². The number of fused-ring (bicyclic) bond motifs is 1. The molecule has 1 nitrogen and oxygen atoms in total. The average molecular weight is 387 g/mol. The monoisotopic (exact) mass is 386 g/mol. The van der Waals surface area contributed by atoms with Gasteiger partial charge in [-0.2, -0.15) is 0 Å². The van der Waals surface area contributed by atoms with E-state index in [9.17, 15) is 5.11 Å². The van der Waals surface area contributed by atoms with E-state index in [1.165, 1.54) is 62.5 Å². The van der Waals surface area contributed by atoms with Gasteiger partial charge in [-0.05, 0) is 92.4 Å². The lowest BCUT2D eigenvalue weighted by molar-refractivity contribution is 0.0432. The van der Waals surface area contributed by atoms with Gasteiger partial charge in [0.2, 0.25) is 0 Å². The molecular formula is C27H46O. The molecule has 28 heavy (non-hydrogen) atoms. The third kappa shape index (κ3) is 4.94. The summed E-state index contributed by atoms with van der Waals surface area (Å²) in [4.78, 5) is 0. The van der Waals surface area contributed by atoms with E-state index in [0.29, 0.717) is 5.41 Å². The van der Waals surface area contributed by atoms with Crippen LogP contribution in [0.1, 0.15) is 105 Å². The second-order valence-electron chi connectivity index (χ2n) is 11.2. The van der Waals surface area contributed by atoms with Gasteiger partial charge in [0.25, 0.3) is 0 Å². The molecule has 3 rings (SSSR count). The lowest BCUT2D eigenvalue weighted by Gasteiger charge is -2.46. The largest absolute Gasteiger partial charge is 0.393 e. The van der Waals surface area contributed by atoms with Crippen molar-refractivity contribution in [2.24, 2.45) is 35.0 Å². The Morgan fingerprint density at radius 1 is 1.11 bits per heavy atom. The molecule has 0 saturated heterocycles. The molecule has 160 valence electrons. The standard InChI is InChI=1S/C27H46O/c1-19(2)8-6-9-21(4)25-15-16-26-22(10-7-17-27(25,26)5)12-13-23-18-24(28)14-11-20(23)3/h12-13,19,21-22,24-26,28H,6-11,14-18H2,1-5H3/b13-12+/t21-,22?,24+,25-,26+,27-/m1/s1. The van der Waals surface area contributed by atoms with Crippen LogP contribution >= 0.6 is 0 Å². The molecule has 0 radical (unpaired) electrons. The van der Waals surface area contributed by atoms with Gasteiger partial charge in [0.1, 0.15) is 0 Å². The van der Waals surface area contributed by atoms with Crippen molar-refractivity contribution in [3.8, 4) is 0 Å². The number of hydrogen-bond donors (Lipinski definition) is 1. The molecule has 2 saturated carbocycles. The van der Waals surface area contributed by atoms with Crippen molar-refractivity contribution in [1.29, 1.82) is 0 Å². The topological polar surface area (TPSA) is 20.2 Å². The minimum absolute atomic E-state index is 0.123. The SMILES string of the molecule is CC1=C(/C=C/C2CCC[C@]3(C)[C@@H]([C@H](C)CCCC(C)C)CC[C@@H]23)C[C@@H](O)CC1. The van der Waals surface area contributed by atoms with Crippen LogP contribution in [0.25, 0.3) is 0 Å². The van der Waals surface area contributed by atoms with Crippen molar-refractivity contribution in [2.75, 3.05) is 0 Å². The summed E-state index contributed by atoms with van der Waals surface area (Å²) in [5.41, 5.74) is 3.48. The second kappa shape index (κ2) is 9.50. The molecule has 0 aromatic rings. The van der Waals surface area contributed by atoms with Crippen LogP contribution < -0.4 is 0 Å². The molecule has 0 aromatic heterocycles. The summed E-state index contributed by atoms with van der Waals surface area (Å²) in [6.45, 7) is 12.2. The van der Waals surface area contributed by atoms with Crippen molar-refractivity contribution in [3.63, 3.8) is 0 Å². The predicted molar refractivity (Wildman–Crippen MR) is 121 cm³/mol. The van der Waals surface area contributed by atoms with Crippen molar-refractivity contribution in [3.05, 3.63) is 23.3 Å². The van der Waals surface area contributed by atoms with Crippen LogP contribution in [0.15, 0.2) is 23.3 Å². The van der Waals surface area contributed by atoms with Crippen LogP contribution in [-0.4, -0.2) is 11.2 Å². The van der Waals surface area contributed by atoms with E-state index in [4.69, 9.17) is 0 Å². The molecule has 6 atom stereocenters. The second-order valence-corrected chi connectivity index (χ2v) is 11.2. The van der Waals surface area contributed by atoms with Crippen molar-refractivity contribution in [2.45, 2.75) is 111 Å². The zero-order chi connectivity index (χ0) is 20.3. The first kappa shape index (κ1) is 22.1. The van der Waals surface area contributed by atoms with Gasteiger partial charge < -0.3 is 5.11 Å². The zero-order valence-electron chi connectivity index (χ0n) is 19.3. The Morgan fingerprint density at radius 2 is 1.89 bits per heavy atom. The number of hydrogen-bond acceptors (Lipinski definition) is 1. The molecule has 3 aliphatic carbocycles. The van der Waals surface area contributed by atoms with Crippen molar-refractivity contribution < 1.29 is 5.11 Å². The van der Waals surface area contributed by atoms with E-state index < -0.39 is 0 Å². The Morgan fingerprint density at radius 3 is 2.64 bits per heavy atom. The molecule has 1 unspecified atom stereocenters. The van der Waals surface area contributed by atoms with Crippen LogP contribution in [0.5, 0.6) is 0 Å². The van der Waals surface area contributed by atoms with Gasteiger partial charge in [0.05, 0.1) is 6.10 Å². The first-order chi connectivity index (χ1) is 13.3. The molecule has 1 heteroatoms. The van der Waals surface area contributed by atoms with E-state index in [2.05, 4.69) is 46.8 Å². The summed E-state index contributed by atoms with van der Waals surface area (Å²) in [5.74, 6) is 4.29. The van der Waals surface area contributed by atoms with Crippen LogP contribution in [0, 0.1) is 35.0 Å². The van der Waals surface area contributed by atoms with Gasteiger partial charge in [-0.3, -0.25) is 0 Å². The molecule has 0 heterocycles. The fourth-order valence-corrected chi connectivity index (χ4v) is 7.03. The summed E-state index contributed by atoms with van der Waals surface area (Å²) < 4.78 is 0. The van der Waals surface area contributed by atoms with Gasteiger partial charge in [0, 0.05) is 0 Å². The number of aliphatic hydroxyl groups excluding tert-OH is 1.